The molecule has 0 radical (unpaired) electrons. The van der Waals surface area contributed by atoms with Crippen LogP contribution in [0.25, 0.3) is 0 Å². The van der Waals surface area contributed by atoms with Gasteiger partial charge >= 0.3 is 0 Å². The summed E-state index contributed by atoms with van der Waals surface area (Å²) >= 11 is 0. The SMILES string of the molecule is CC(=O)C[C@@H](C(C)=O)N1C(=O)C(=O)c2ccccc21. The van der Waals surface area contributed by atoms with Crippen LogP contribution in [0, 0.1) is 0 Å². The van der Waals surface area contributed by atoms with E-state index in [4.69, 9.17) is 0 Å². The van der Waals surface area contributed by atoms with Crippen LogP contribution in [0.1, 0.15) is 30.6 Å². The summed E-state index contributed by atoms with van der Waals surface area (Å²) in [5.41, 5.74) is 0.682. The fraction of sp³-hybridized carbons (Fsp3) is 0.286. The Hall–Kier alpha value is -2.30. The van der Waals surface area contributed by atoms with E-state index in [1.165, 1.54) is 13.8 Å². The van der Waals surface area contributed by atoms with Gasteiger partial charge in [-0.2, -0.15) is 0 Å². The third-order valence-electron chi connectivity index (χ3n) is 3.08. The van der Waals surface area contributed by atoms with E-state index in [9.17, 15) is 19.2 Å². The molecule has 98 valence electrons. The Kier molecular flexibility index (Phi) is 3.29. The fourth-order valence-electron chi connectivity index (χ4n) is 2.21. The Morgan fingerprint density at radius 2 is 1.79 bits per heavy atom. The van der Waals surface area contributed by atoms with Gasteiger partial charge in [-0.3, -0.25) is 24.1 Å². The van der Waals surface area contributed by atoms with Gasteiger partial charge in [-0.1, -0.05) is 12.1 Å². The van der Waals surface area contributed by atoms with E-state index < -0.39 is 17.7 Å². The highest BCUT2D eigenvalue weighted by Crippen LogP contribution is 2.31. The van der Waals surface area contributed by atoms with Crippen molar-refractivity contribution in [2.24, 2.45) is 0 Å². The Morgan fingerprint density at radius 1 is 1.16 bits per heavy atom. The topological polar surface area (TPSA) is 71.5 Å². The van der Waals surface area contributed by atoms with Crippen molar-refractivity contribution in [2.75, 3.05) is 4.90 Å². The van der Waals surface area contributed by atoms with Gasteiger partial charge < -0.3 is 0 Å². The number of Topliss-reactive ketones (excluding diaryl/α,β-unsaturated/α-hetero) is 3. The highest BCUT2D eigenvalue weighted by atomic mass is 16.2. The molecule has 1 aromatic carbocycles. The first kappa shape index (κ1) is 13.1. The number of amides is 1. The van der Waals surface area contributed by atoms with Crippen molar-refractivity contribution in [3.8, 4) is 0 Å². The Balaban J connectivity index is 2.49. The monoisotopic (exact) mass is 259 g/mol. The van der Waals surface area contributed by atoms with Crippen LogP contribution < -0.4 is 4.90 Å². The largest absolute Gasteiger partial charge is 0.300 e. The van der Waals surface area contributed by atoms with E-state index in [0.717, 1.165) is 4.90 Å². The van der Waals surface area contributed by atoms with Gasteiger partial charge in [0.2, 0.25) is 0 Å². The summed E-state index contributed by atoms with van der Waals surface area (Å²) in [6.07, 6.45) is -0.0807. The molecule has 2 rings (SSSR count). The second-order valence-electron chi connectivity index (χ2n) is 4.55. The number of rotatable bonds is 4. The highest BCUT2D eigenvalue weighted by Gasteiger charge is 2.41. The molecule has 0 N–H and O–H groups in total. The average molecular weight is 259 g/mol. The molecule has 1 aliphatic heterocycles. The quantitative estimate of drug-likeness (QED) is 0.760. The number of hydrogen-bond acceptors (Lipinski definition) is 4. The summed E-state index contributed by atoms with van der Waals surface area (Å²) in [5.74, 6) is -1.90. The molecule has 0 aliphatic carbocycles. The molecular formula is C14H13NO4. The normalized spacial score (nSPS) is 15.4. The number of ketones is 3. The Bertz CT molecular complexity index is 591. The minimum atomic E-state index is -0.905. The lowest BCUT2D eigenvalue weighted by Crippen LogP contribution is -2.44. The number of para-hydroxylation sites is 1. The molecule has 1 aromatic rings. The predicted molar refractivity (Wildman–Crippen MR) is 68.0 cm³/mol. The molecule has 1 heterocycles. The van der Waals surface area contributed by atoms with Crippen molar-refractivity contribution in [1.29, 1.82) is 0 Å². The zero-order valence-electron chi connectivity index (χ0n) is 10.7. The van der Waals surface area contributed by atoms with Gasteiger partial charge in [0, 0.05) is 6.42 Å². The maximum Gasteiger partial charge on any atom is 0.300 e. The molecule has 1 atom stereocenters. The lowest BCUT2D eigenvalue weighted by atomic mass is 10.1. The molecule has 5 nitrogen and oxygen atoms in total. The van der Waals surface area contributed by atoms with Crippen LogP contribution in [-0.4, -0.2) is 29.3 Å². The first-order valence-electron chi connectivity index (χ1n) is 5.90. The van der Waals surface area contributed by atoms with Crippen LogP contribution in [0.15, 0.2) is 24.3 Å². The summed E-state index contributed by atoms with van der Waals surface area (Å²) in [4.78, 5) is 47.9. The second kappa shape index (κ2) is 4.76. The lowest BCUT2D eigenvalue weighted by molar-refractivity contribution is -0.125. The van der Waals surface area contributed by atoms with E-state index in [-0.39, 0.29) is 23.6 Å². The molecule has 0 bridgehead atoms. The Morgan fingerprint density at radius 3 is 2.37 bits per heavy atom. The van der Waals surface area contributed by atoms with Gasteiger partial charge in [-0.05, 0) is 26.0 Å². The standard InChI is InChI=1S/C14H13NO4/c1-8(16)7-12(9(2)17)15-11-6-4-3-5-10(11)13(18)14(15)19/h3-6,12H,7H2,1-2H3/t12-/m0/s1. The van der Waals surface area contributed by atoms with Crippen LogP contribution in [0.5, 0.6) is 0 Å². The van der Waals surface area contributed by atoms with Crippen LogP contribution in [0.3, 0.4) is 0 Å². The van der Waals surface area contributed by atoms with Crippen molar-refractivity contribution in [3.63, 3.8) is 0 Å². The van der Waals surface area contributed by atoms with Gasteiger partial charge in [0.15, 0.2) is 5.78 Å². The molecule has 0 spiro atoms. The summed E-state index contributed by atoms with van der Waals surface area (Å²) in [7, 11) is 0. The molecule has 0 saturated heterocycles. The zero-order chi connectivity index (χ0) is 14.2. The van der Waals surface area contributed by atoms with E-state index >= 15 is 0 Å². The fourth-order valence-corrected chi connectivity index (χ4v) is 2.21. The molecule has 0 fully saturated rings. The van der Waals surface area contributed by atoms with E-state index in [1.54, 1.807) is 24.3 Å². The number of carbonyl (C=O) groups is 4. The van der Waals surface area contributed by atoms with Crippen molar-refractivity contribution >= 4 is 28.9 Å². The molecule has 19 heavy (non-hydrogen) atoms. The minimum Gasteiger partial charge on any atom is -0.300 e. The van der Waals surface area contributed by atoms with Crippen LogP contribution in [0.2, 0.25) is 0 Å². The van der Waals surface area contributed by atoms with Crippen molar-refractivity contribution in [1.82, 2.24) is 0 Å². The third-order valence-corrected chi connectivity index (χ3v) is 3.08. The summed E-state index contributed by atoms with van der Waals surface area (Å²) in [5, 5.41) is 0. The third kappa shape index (κ3) is 2.19. The molecule has 0 aromatic heterocycles. The molecule has 5 heteroatoms. The van der Waals surface area contributed by atoms with Crippen LogP contribution in [-0.2, 0) is 14.4 Å². The van der Waals surface area contributed by atoms with Gasteiger partial charge in [0.25, 0.3) is 11.7 Å². The van der Waals surface area contributed by atoms with Gasteiger partial charge in [0.05, 0.1) is 11.3 Å². The number of hydrogen-bond donors (Lipinski definition) is 0. The molecule has 0 unspecified atom stereocenters. The second-order valence-corrected chi connectivity index (χ2v) is 4.55. The van der Waals surface area contributed by atoms with Gasteiger partial charge in [-0.25, -0.2) is 0 Å². The van der Waals surface area contributed by atoms with Crippen molar-refractivity contribution < 1.29 is 19.2 Å². The number of anilines is 1. The van der Waals surface area contributed by atoms with Crippen molar-refractivity contribution in [2.45, 2.75) is 26.3 Å². The molecular weight excluding hydrogens is 246 g/mol. The van der Waals surface area contributed by atoms with Gasteiger partial charge in [-0.15, -0.1) is 0 Å². The number of carbonyl (C=O) groups excluding carboxylic acids is 4. The minimum absolute atomic E-state index is 0.0807. The Labute approximate surface area is 110 Å². The maximum atomic E-state index is 12.0. The van der Waals surface area contributed by atoms with Crippen LogP contribution in [0.4, 0.5) is 5.69 Å². The van der Waals surface area contributed by atoms with Gasteiger partial charge in [0.1, 0.15) is 11.8 Å². The maximum absolute atomic E-state index is 12.0. The molecule has 0 saturated carbocycles. The van der Waals surface area contributed by atoms with Crippen LogP contribution >= 0.6 is 0 Å². The molecule has 1 amide bonds. The summed E-state index contributed by atoms with van der Waals surface area (Å²) < 4.78 is 0. The van der Waals surface area contributed by atoms with E-state index in [2.05, 4.69) is 0 Å². The number of fused-ring (bicyclic) bond motifs is 1. The molecule has 1 aliphatic rings. The lowest BCUT2D eigenvalue weighted by Gasteiger charge is -2.24. The number of nitrogens with zero attached hydrogens (tertiary/aromatic N) is 1. The average Bonchev–Trinajstić information content (AvgIpc) is 2.60. The first-order chi connectivity index (χ1) is 8.93. The van der Waals surface area contributed by atoms with E-state index in [1.807, 2.05) is 0 Å². The smallest absolute Gasteiger partial charge is 0.300 e. The number of benzene rings is 1. The van der Waals surface area contributed by atoms with E-state index in [0.29, 0.717) is 5.69 Å². The van der Waals surface area contributed by atoms with Crippen molar-refractivity contribution in [3.05, 3.63) is 29.8 Å². The first-order valence-corrected chi connectivity index (χ1v) is 5.90. The zero-order valence-corrected chi connectivity index (χ0v) is 10.7. The highest BCUT2D eigenvalue weighted by molar-refractivity contribution is 6.52. The summed E-state index contributed by atoms with van der Waals surface area (Å²) in [6.45, 7) is 2.66. The predicted octanol–water partition coefficient (Wildman–Crippen LogP) is 1.15. The summed E-state index contributed by atoms with van der Waals surface area (Å²) in [6, 6.07) is 5.58.